The number of benzene rings is 1. The van der Waals surface area contributed by atoms with Crippen LogP contribution in [0.2, 0.25) is 0 Å². The second-order valence-corrected chi connectivity index (χ2v) is 6.49. The first-order chi connectivity index (χ1) is 10.7. The van der Waals surface area contributed by atoms with Gasteiger partial charge in [0.1, 0.15) is 5.82 Å². The van der Waals surface area contributed by atoms with Gasteiger partial charge in [0.25, 0.3) is 0 Å². The number of rotatable bonds is 3. The fraction of sp³-hybridized carbons (Fsp3) is 0.412. The van der Waals surface area contributed by atoms with E-state index >= 15 is 0 Å². The van der Waals surface area contributed by atoms with Gasteiger partial charge in [0, 0.05) is 50.5 Å². The Morgan fingerprint density at radius 1 is 1.05 bits per heavy atom. The molecule has 3 heterocycles. The lowest BCUT2D eigenvalue weighted by Crippen LogP contribution is -2.56. The van der Waals surface area contributed by atoms with Crippen molar-refractivity contribution >= 4 is 5.95 Å². The van der Waals surface area contributed by atoms with Gasteiger partial charge in [-0.05, 0) is 30.2 Å². The quantitative estimate of drug-likeness (QED) is 0.870. The van der Waals surface area contributed by atoms with Gasteiger partial charge in [-0.15, -0.1) is 0 Å². The molecule has 1 aromatic heterocycles. The maximum Gasteiger partial charge on any atom is 0.225 e. The first-order valence-electron chi connectivity index (χ1n) is 7.71. The number of hydrogen-bond donors (Lipinski definition) is 0. The Balaban J connectivity index is 1.34. The molecule has 1 spiro atoms. The van der Waals surface area contributed by atoms with Crippen LogP contribution >= 0.6 is 0 Å². The van der Waals surface area contributed by atoms with Crippen LogP contribution in [0.3, 0.4) is 0 Å². The predicted octanol–water partition coefficient (Wildman–Crippen LogP) is 2.33. The van der Waals surface area contributed by atoms with Crippen LogP contribution < -0.4 is 4.90 Å². The van der Waals surface area contributed by atoms with Gasteiger partial charge in [-0.25, -0.2) is 14.4 Å². The van der Waals surface area contributed by atoms with Crippen molar-refractivity contribution < 1.29 is 4.39 Å². The lowest BCUT2D eigenvalue weighted by molar-refractivity contribution is 0.0116. The Morgan fingerprint density at radius 2 is 1.77 bits per heavy atom. The van der Waals surface area contributed by atoms with Gasteiger partial charge in [0.05, 0.1) is 0 Å². The number of halogens is 1. The van der Waals surface area contributed by atoms with E-state index in [0.29, 0.717) is 5.41 Å². The van der Waals surface area contributed by atoms with E-state index in [-0.39, 0.29) is 5.82 Å². The van der Waals surface area contributed by atoms with Crippen molar-refractivity contribution in [3.63, 3.8) is 0 Å². The number of hydrogen-bond acceptors (Lipinski definition) is 4. The van der Waals surface area contributed by atoms with Gasteiger partial charge in [0.2, 0.25) is 5.95 Å². The molecule has 5 heteroatoms. The Bertz CT molecular complexity index is 637. The van der Waals surface area contributed by atoms with Gasteiger partial charge in [-0.3, -0.25) is 4.90 Å². The monoisotopic (exact) mass is 298 g/mol. The van der Waals surface area contributed by atoms with Crippen LogP contribution in [0.15, 0.2) is 42.7 Å². The minimum Gasteiger partial charge on any atom is -0.340 e. The average Bonchev–Trinajstić information content (AvgIpc) is 2.95. The highest BCUT2D eigenvalue weighted by Gasteiger charge is 2.47. The summed E-state index contributed by atoms with van der Waals surface area (Å²) in [5, 5.41) is 0. The van der Waals surface area contributed by atoms with E-state index in [2.05, 4.69) is 19.8 Å². The summed E-state index contributed by atoms with van der Waals surface area (Å²) in [4.78, 5) is 13.4. The molecule has 0 bridgehead atoms. The summed E-state index contributed by atoms with van der Waals surface area (Å²) >= 11 is 0. The van der Waals surface area contributed by atoms with Crippen LogP contribution in [0.5, 0.6) is 0 Å². The standard InChI is InChI=1S/C17H19FN4/c18-15-4-2-14(3-5-15)10-21-11-17(12-21)6-9-22(13-17)16-19-7-1-8-20-16/h1-5,7-8H,6,9-13H2. The van der Waals surface area contributed by atoms with Crippen molar-refractivity contribution in [3.05, 3.63) is 54.1 Å². The van der Waals surface area contributed by atoms with Crippen LogP contribution in [0, 0.1) is 11.2 Å². The average molecular weight is 298 g/mol. The van der Waals surface area contributed by atoms with E-state index < -0.39 is 0 Å². The zero-order chi connectivity index (χ0) is 15.0. The molecule has 0 atom stereocenters. The second-order valence-electron chi connectivity index (χ2n) is 6.49. The van der Waals surface area contributed by atoms with Crippen LogP contribution in [-0.4, -0.2) is 41.0 Å². The van der Waals surface area contributed by atoms with E-state index in [9.17, 15) is 4.39 Å². The highest BCUT2D eigenvalue weighted by Crippen LogP contribution is 2.40. The summed E-state index contributed by atoms with van der Waals surface area (Å²) in [6, 6.07) is 8.67. The molecule has 0 radical (unpaired) electrons. The molecule has 1 aromatic carbocycles. The first kappa shape index (κ1) is 13.6. The molecule has 2 aromatic rings. The van der Waals surface area contributed by atoms with Crippen LogP contribution in [-0.2, 0) is 6.54 Å². The molecule has 4 rings (SSSR count). The van der Waals surface area contributed by atoms with Gasteiger partial charge >= 0.3 is 0 Å². The molecule has 2 aliphatic heterocycles. The Hall–Kier alpha value is -2.01. The summed E-state index contributed by atoms with van der Waals surface area (Å²) in [6.45, 7) is 5.19. The van der Waals surface area contributed by atoms with Crippen molar-refractivity contribution in [2.75, 3.05) is 31.1 Å². The number of nitrogens with zero attached hydrogens (tertiary/aromatic N) is 4. The first-order valence-corrected chi connectivity index (χ1v) is 7.71. The van der Waals surface area contributed by atoms with Gasteiger partial charge in [-0.2, -0.15) is 0 Å². The third-order valence-corrected chi connectivity index (χ3v) is 4.71. The molecule has 2 fully saturated rings. The largest absolute Gasteiger partial charge is 0.340 e. The lowest BCUT2D eigenvalue weighted by atomic mass is 9.79. The molecular weight excluding hydrogens is 279 g/mol. The second kappa shape index (κ2) is 5.32. The van der Waals surface area contributed by atoms with E-state index in [1.54, 1.807) is 12.4 Å². The van der Waals surface area contributed by atoms with Crippen molar-refractivity contribution in [1.29, 1.82) is 0 Å². The molecule has 0 aliphatic carbocycles. The number of likely N-dealkylation sites (tertiary alicyclic amines) is 1. The van der Waals surface area contributed by atoms with Crippen molar-refractivity contribution in [3.8, 4) is 0 Å². The fourth-order valence-corrected chi connectivity index (χ4v) is 3.68. The molecule has 0 saturated carbocycles. The molecule has 0 amide bonds. The smallest absolute Gasteiger partial charge is 0.225 e. The molecule has 2 saturated heterocycles. The van der Waals surface area contributed by atoms with Crippen molar-refractivity contribution in [2.45, 2.75) is 13.0 Å². The zero-order valence-corrected chi connectivity index (χ0v) is 12.5. The highest BCUT2D eigenvalue weighted by atomic mass is 19.1. The Kier molecular flexibility index (Phi) is 3.30. The number of aromatic nitrogens is 2. The number of anilines is 1. The van der Waals surface area contributed by atoms with Gasteiger partial charge < -0.3 is 4.90 Å². The fourth-order valence-electron chi connectivity index (χ4n) is 3.68. The third kappa shape index (κ3) is 2.57. The summed E-state index contributed by atoms with van der Waals surface area (Å²) in [7, 11) is 0. The molecule has 2 aliphatic rings. The van der Waals surface area contributed by atoms with Crippen LogP contribution in [0.25, 0.3) is 0 Å². The normalized spacial score (nSPS) is 20.3. The third-order valence-electron chi connectivity index (χ3n) is 4.71. The molecule has 114 valence electrons. The molecular formula is C17H19FN4. The maximum absolute atomic E-state index is 12.9. The van der Waals surface area contributed by atoms with E-state index in [0.717, 1.165) is 38.7 Å². The molecule has 0 unspecified atom stereocenters. The van der Waals surface area contributed by atoms with Gasteiger partial charge in [0.15, 0.2) is 0 Å². The Labute approximate surface area is 129 Å². The van der Waals surface area contributed by atoms with Crippen molar-refractivity contribution in [2.24, 2.45) is 5.41 Å². The lowest BCUT2D eigenvalue weighted by Gasteiger charge is -2.48. The highest BCUT2D eigenvalue weighted by molar-refractivity contribution is 5.33. The van der Waals surface area contributed by atoms with Crippen molar-refractivity contribution in [1.82, 2.24) is 14.9 Å². The van der Waals surface area contributed by atoms with Crippen LogP contribution in [0.1, 0.15) is 12.0 Å². The topological polar surface area (TPSA) is 32.3 Å². The summed E-state index contributed by atoms with van der Waals surface area (Å²) in [5.74, 6) is 0.675. The van der Waals surface area contributed by atoms with Gasteiger partial charge in [-0.1, -0.05) is 12.1 Å². The van der Waals surface area contributed by atoms with Crippen LogP contribution in [0.4, 0.5) is 10.3 Å². The van der Waals surface area contributed by atoms with E-state index in [1.807, 2.05) is 18.2 Å². The predicted molar refractivity (Wildman–Crippen MR) is 83.0 cm³/mol. The minimum absolute atomic E-state index is 0.168. The Morgan fingerprint density at radius 3 is 2.50 bits per heavy atom. The maximum atomic E-state index is 12.9. The minimum atomic E-state index is -0.168. The SMILES string of the molecule is Fc1ccc(CN2CC3(CCN(c4ncccn4)C3)C2)cc1. The molecule has 22 heavy (non-hydrogen) atoms. The van der Waals surface area contributed by atoms with E-state index in [1.165, 1.54) is 24.1 Å². The summed E-state index contributed by atoms with van der Waals surface area (Å²) in [5.41, 5.74) is 1.57. The summed E-state index contributed by atoms with van der Waals surface area (Å²) in [6.07, 6.45) is 4.80. The summed E-state index contributed by atoms with van der Waals surface area (Å²) < 4.78 is 12.9. The molecule has 0 N–H and O–H groups in total. The zero-order valence-electron chi connectivity index (χ0n) is 12.5. The molecule has 4 nitrogen and oxygen atoms in total. The van der Waals surface area contributed by atoms with E-state index in [4.69, 9.17) is 0 Å².